The lowest BCUT2D eigenvalue weighted by atomic mass is 9.63. The van der Waals surface area contributed by atoms with E-state index in [-0.39, 0.29) is 23.5 Å². The van der Waals surface area contributed by atoms with Crippen LogP contribution in [0.1, 0.15) is 86.0 Å². The smallest absolute Gasteiger partial charge is 0.243 e. The van der Waals surface area contributed by atoms with E-state index in [0.717, 1.165) is 49.7 Å². The third-order valence-electron chi connectivity index (χ3n) is 8.17. The Hall–Kier alpha value is -1.69. The zero-order valence-corrected chi connectivity index (χ0v) is 21.1. The molecule has 0 aromatic heterocycles. The van der Waals surface area contributed by atoms with Crippen molar-refractivity contribution < 1.29 is 19.8 Å². The molecule has 1 unspecified atom stereocenters. The van der Waals surface area contributed by atoms with Crippen LogP contribution in [-0.4, -0.2) is 45.5 Å². The summed E-state index contributed by atoms with van der Waals surface area (Å²) in [5, 5.41) is 21.8. The number of hydrogen-bond acceptors (Lipinski definition) is 4. The molecular weight excluding hydrogens is 414 g/mol. The predicted molar refractivity (Wildman–Crippen MR) is 132 cm³/mol. The molecule has 0 spiro atoms. The second kappa shape index (κ2) is 10.7. The Kier molecular flexibility index (Phi) is 8.41. The molecule has 2 fully saturated rings. The number of carbonyl (C=O) groups excluding carboxylic acids is 1. The predicted octanol–water partition coefficient (Wildman–Crippen LogP) is 5.40. The molecule has 0 radical (unpaired) electrons. The van der Waals surface area contributed by atoms with Gasteiger partial charge in [-0.05, 0) is 79.9 Å². The van der Waals surface area contributed by atoms with Crippen LogP contribution in [0.15, 0.2) is 47.1 Å². The van der Waals surface area contributed by atoms with Gasteiger partial charge in [-0.2, -0.15) is 0 Å². The van der Waals surface area contributed by atoms with Gasteiger partial charge in [0.1, 0.15) is 6.10 Å². The average Bonchev–Trinajstić information content (AvgIpc) is 3.12. The Morgan fingerprint density at radius 1 is 1.33 bits per heavy atom. The second-order valence-electron chi connectivity index (χ2n) is 10.3. The minimum absolute atomic E-state index is 0.0149. The lowest BCUT2D eigenvalue weighted by Crippen LogP contribution is -2.43. The lowest BCUT2D eigenvalue weighted by Gasteiger charge is -2.43. The van der Waals surface area contributed by atoms with Gasteiger partial charge >= 0.3 is 0 Å². The van der Waals surface area contributed by atoms with Gasteiger partial charge in [0.15, 0.2) is 0 Å². The van der Waals surface area contributed by atoms with Crippen LogP contribution in [0, 0.1) is 11.3 Å². The molecule has 0 aromatic carbocycles. The SMILES string of the molecule is C=C1C(=CC=C2CCC[C@]3(C)C([C@H](C)ON(C(C)=O)C(CC)CC)=CCC23)C[C@@H](O)C[C@@H]1O. The molecule has 3 rings (SSSR count). The van der Waals surface area contributed by atoms with Crippen LogP contribution in [0.2, 0.25) is 0 Å². The van der Waals surface area contributed by atoms with E-state index in [9.17, 15) is 15.0 Å². The molecule has 3 aliphatic rings. The lowest BCUT2D eigenvalue weighted by molar-refractivity contribution is -0.213. The topological polar surface area (TPSA) is 70.0 Å². The summed E-state index contributed by atoms with van der Waals surface area (Å²) in [5.74, 6) is 0.374. The van der Waals surface area contributed by atoms with E-state index in [1.165, 1.54) is 11.1 Å². The Bertz CT molecular complexity index is 837. The first-order chi connectivity index (χ1) is 15.6. The molecule has 1 amide bonds. The van der Waals surface area contributed by atoms with Crippen LogP contribution in [-0.2, 0) is 9.63 Å². The summed E-state index contributed by atoms with van der Waals surface area (Å²) >= 11 is 0. The summed E-state index contributed by atoms with van der Waals surface area (Å²) in [4.78, 5) is 18.6. The molecule has 3 aliphatic carbocycles. The van der Waals surface area contributed by atoms with Gasteiger partial charge in [-0.15, -0.1) is 0 Å². The van der Waals surface area contributed by atoms with Crippen molar-refractivity contribution in [2.45, 2.75) is 110 Å². The van der Waals surface area contributed by atoms with Crippen LogP contribution in [0.25, 0.3) is 0 Å². The zero-order valence-electron chi connectivity index (χ0n) is 21.1. The second-order valence-corrected chi connectivity index (χ2v) is 10.3. The van der Waals surface area contributed by atoms with Crippen LogP contribution in [0.4, 0.5) is 0 Å². The number of hydroxylamine groups is 2. The molecule has 0 bridgehead atoms. The van der Waals surface area contributed by atoms with Crippen molar-refractivity contribution in [1.82, 2.24) is 5.06 Å². The van der Waals surface area contributed by atoms with Crippen LogP contribution >= 0.6 is 0 Å². The van der Waals surface area contributed by atoms with Crippen molar-refractivity contribution in [2.24, 2.45) is 11.3 Å². The highest BCUT2D eigenvalue weighted by Crippen LogP contribution is 2.56. The number of rotatable bonds is 7. The van der Waals surface area contributed by atoms with E-state index in [4.69, 9.17) is 4.84 Å². The van der Waals surface area contributed by atoms with E-state index in [0.29, 0.717) is 18.8 Å². The number of carbonyl (C=O) groups is 1. The standard InChI is InChI=1S/C28H43NO4/c1-7-23(8-2)29(20(5)30)33-19(4)25-13-14-26-21(10-9-15-28(25,26)6)11-12-22-16-24(31)17-27(32)18(22)3/h11-13,19,23-24,26-27,31-32H,3,7-10,14-17H2,1-2,4-6H3/t19-,24+,26?,27-,28+/m0/s1. The Morgan fingerprint density at radius 2 is 2.03 bits per heavy atom. The fourth-order valence-corrected chi connectivity index (χ4v) is 6.21. The van der Waals surface area contributed by atoms with Crippen molar-refractivity contribution in [3.8, 4) is 0 Å². The minimum Gasteiger partial charge on any atom is -0.393 e. The first-order valence-corrected chi connectivity index (χ1v) is 12.7. The van der Waals surface area contributed by atoms with E-state index < -0.39 is 12.2 Å². The highest BCUT2D eigenvalue weighted by Gasteiger charge is 2.47. The third kappa shape index (κ3) is 5.36. The summed E-state index contributed by atoms with van der Waals surface area (Å²) in [7, 11) is 0. The van der Waals surface area contributed by atoms with Crippen LogP contribution < -0.4 is 0 Å². The van der Waals surface area contributed by atoms with Crippen molar-refractivity contribution >= 4 is 5.91 Å². The van der Waals surface area contributed by atoms with Gasteiger partial charge in [0, 0.05) is 13.3 Å². The van der Waals surface area contributed by atoms with E-state index in [1.807, 2.05) is 0 Å². The molecule has 184 valence electrons. The zero-order chi connectivity index (χ0) is 24.3. The van der Waals surface area contributed by atoms with Crippen LogP contribution in [0.5, 0.6) is 0 Å². The van der Waals surface area contributed by atoms with Gasteiger partial charge in [0.05, 0.1) is 18.2 Å². The number of allylic oxidation sites excluding steroid dienone is 4. The van der Waals surface area contributed by atoms with Crippen molar-refractivity contribution in [2.75, 3.05) is 0 Å². The first-order valence-electron chi connectivity index (χ1n) is 12.7. The number of nitrogens with zero attached hydrogens (tertiary/aromatic N) is 1. The van der Waals surface area contributed by atoms with E-state index in [1.54, 1.807) is 12.0 Å². The van der Waals surface area contributed by atoms with Crippen molar-refractivity contribution in [3.63, 3.8) is 0 Å². The normalized spacial score (nSPS) is 33.4. The monoisotopic (exact) mass is 457 g/mol. The number of aliphatic hydroxyl groups is 2. The summed E-state index contributed by atoms with van der Waals surface area (Å²) in [6, 6.07) is 0.0956. The largest absolute Gasteiger partial charge is 0.393 e. The van der Waals surface area contributed by atoms with E-state index in [2.05, 4.69) is 52.5 Å². The molecule has 0 aromatic rings. The molecule has 5 nitrogen and oxygen atoms in total. The molecule has 0 aliphatic heterocycles. The molecule has 2 saturated carbocycles. The number of fused-ring (bicyclic) bond motifs is 1. The Balaban J connectivity index is 1.78. The fraction of sp³-hybridized carbons (Fsp3) is 0.679. The Labute approximate surface area is 199 Å². The minimum atomic E-state index is -0.660. The van der Waals surface area contributed by atoms with Crippen LogP contribution in [0.3, 0.4) is 0 Å². The van der Waals surface area contributed by atoms with Gasteiger partial charge in [0.2, 0.25) is 5.91 Å². The maximum Gasteiger partial charge on any atom is 0.243 e. The molecular formula is C28H43NO4. The number of aliphatic hydroxyl groups excluding tert-OH is 2. The maximum atomic E-state index is 12.3. The summed E-state index contributed by atoms with van der Waals surface area (Å²) < 4.78 is 0. The summed E-state index contributed by atoms with van der Waals surface area (Å²) in [6.45, 7) is 14.2. The molecule has 2 N–H and O–H groups in total. The van der Waals surface area contributed by atoms with Crippen molar-refractivity contribution in [3.05, 3.63) is 47.1 Å². The van der Waals surface area contributed by atoms with Crippen molar-refractivity contribution in [1.29, 1.82) is 0 Å². The summed E-state index contributed by atoms with van der Waals surface area (Å²) in [6.07, 6.45) is 12.2. The van der Waals surface area contributed by atoms with Gasteiger partial charge in [-0.25, -0.2) is 5.06 Å². The highest BCUT2D eigenvalue weighted by atomic mass is 16.7. The summed E-state index contributed by atoms with van der Waals surface area (Å²) in [5.41, 5.74) is 4.41. The molecule has 33 heavy (non-hydrogen) atoms. The third-order valence-corrected chi connectivity index (χ3v) is 8.17. The Morgan fingerprint density at radius 3 is 2.67 bits per heavy atom. The number of hydrogen-bond donors (Lipinski definition) is 2. The fourth-order valence-electron chi connectivity index (χ4n) is 6.21. The molecule has 5 heteroatoms. The molecule has 0 heterocycles. The average molecular weight is 458 g/mol. The highest BCUT2D eigenvalue weighted by molar-refractivity contribution is 5.72. The van der Waals surface area contributed by atoms with Gasteiger partial charge in [-0.3, -0.25) is 9.63 Å². The van der Waals surface area contributed by atoms with E-state index >= 15 is 0 Å². The molecule has 0 saturated heterocycles. The van der Waals surface area contributed by atoms with Gasteiger partial charge in [-0.1, -0.05) is 51.2 Å². The molecule has 5 atom stereocenters. The quantitative estimate of drug-likeness (QED) is 0.396. The number of amides is 1. The maximum absolute atomic E-state index is 12.3. The van der Waals surface area contributed by atoms with Gasteiger partial charge < -0.3 is 10.2 Å². The van der Waals surface area contributed by atoms with Gasteiger partial charge in [0.25, 0.3) is 0 Å². The first kappa shape index (κ1) is 25.9.